The van der Waals surface area contributed by atoms with Crippen molar-refractivity contribution in [3.63, 3.8) is 0 Å². The summed E-state index contributed by atoms with van der Waals surface area (Å²) in [5.41, 5.74) is 0.697. The van der Waals surface area contributed by atoms with Crippen LogP contribution in [0.4, 0.5) is 22.0 Å². The molecule has 3 aromatic rings. The van der Waals surface area contributed by atoms with Crippen LogP contribution < -0.4 is 5.32 Å². The summed E-state index contributed by atoms with van der Waals surface area (Å²) in [6.07, 6.45) is -4.25. The van der Waals surface area contributed by atoms with E-state index in [4.69, 9.17) is 0 Å². The molecule has 1 fully saturated rings. The molecule has 208 valence electrons. The summed E-state index contributed by atoms with van der Waals surface area (Å²) in [4.78, 5) is 26.7. The van der Waals surface area contributed by atoms with Crippen LogP contribution in [0.2, 0.25) is 0 Å². The van der Waals surface area contributed by atoms with E-state index in [0.29, 0.717) is 30.3 Å². The van der Waals surface area contributed by atoms with Crippen LogP contribution in [0.15, 0.2) is 42.5 Å². The van der Waals surface area contributed by atoms with E-state index in [9.17, 15) is 31.5 Å². The molecule has 0 atom stereocenters. The highest BCUT2D eigenvalue weighted by molar-refractivity contribution is 5.94. The fraction of sp³-hybridized carbons (Fsp3) is 0.393. The van der Waals surface area contributed by atoms with Crippen LogP contribution in [0.3, 0.4) is 0 Å². The minimum Gasteiger partial charge on any atom is -0.351 e. The Kier molecular flexibility index (Phi) is 8.36. The molecular formula is C28H29F5N4O2. The van der Waals surface area contributed by atoms with Crippen molar-refractivity contribution in [2.45, 2.75) is 58.3 Å². The maximum absolute atomic E-state index is 14.1. The molecule has 1 aliphatic heterocycles. The van der Waals surface area contributed by atoms with Gasteiger partial charge < -0.3 is 10.2 Å². The largest absolute Gasteiger partial charge is 0.419 e. The number of piperidine rings is 1. The molecule has 2 amide bonds. The van der Waals surface area contributed by atoms with Gasteiger partial charge in [0.1, 0.15) is 0 Å². The van der Waals surface area contributed by atoms with Crippen LogP contribution in [-0.2, 0) is 30.5 Å². The lowest BCUT2D eigenvalue weighted by molar-refractivity contribution is -0.141. The first-order chi connectivity index (χ1) is 18.5. The second-order valence-corrected chi connectivity index (χ2v) is 9.57. The minimum absolute atomic E-state index is 0.134. The molecule has 0 aliphatic carbocycles. The average Bonchev–Trinajstić information content (AvgIpc) is 3.25. The highest BCUT2D eigenvalue weighted by atomic mass is 19.4. The van der Waals surface area contributed by atoms with Crippen molar-refractivity contribution in [1.29, 1.82) is 0 Å². The number of halogens is 5. The Hall–Kier alpha value is -3.76. The molecule has 0 spiro atoms. The minimum atomic E-state index is -5.04. The molecule has 0 radical (unpaired) electrons. The highest BCUT2D eigenvalue weighted by Crippen LogP contribution is 2.41. The second kappa shape index (κ2) is 11.5. The van der Waals surface area contributed by atoms with Crippen molar-refractivity contribution in [3.8, 4) is 0 Å². The van der Waals surface area contributed by atoms with Crippen LogP contribution in [0.5, 0.6) is 0 Å². The Labute approximate surface area is 222 Å². The number of carbonyl (C=O) groups is 2. The molecule has 39 heavy (non-hydrogen) atoms. The molecule has 0 bridgehead atoms. The van der Waals surface area contributed by atoms with E-state index in [1.165, 1.54) is 11.8 Å². The van der Waals surface area contributed by atoms with Gasteiger partial charge in [-0.05, 0) is 42.4 Å². The SMILES string of the molecule is CCc1c(C(=O)N2CCC(c3ccc(F)c(F)c3C(F)(F)F)CC2)nn(Cc2ccccc2)c1CNC(C)=O. The van der Waals surface area contributed by atoms with Crippen molar-refractivity contribution in [1.82, 2.24) is 20.0 Å². The van der Waals surface area contributed by atoms with Gasteiger partial charge in [-0.2, -0.15) is 18.3 Å². The summed E-state index contributed by atoms with van der Waals surface area (Å²) >= 11 is 0. The van der Waals surface area contributed by atoms with E-state index >= 15 is 0 Å². The number of carbonyl (C=O) groups excluding carboxylic acids is 2. The quantitative estimate of drug-likeness (QED) is 0.400. The van der Waals surface area contributed by atoms with Crippen LogP contribution >= 0.6 is 0 Å². The lowest BCUT2D eigenvalue weighted by atomic mass is 9.85. The zero-order valence-electron chi connectivity index (χ0n) is 21.6. The maximum atomic E-state index is 14.1. The highest BCUT2D eigenvalue weighted by Gasteiger charge is 2.41. The number of aromatic nitrogens is 2. The third-order valence-electron chi connectivity index (χ3n) is 7.04. The Bertz CT molecular complexity index is 1350. The predicted molar refractivity (Wildman–Crippen MR) is 134 cm³/mol. The molecule has 1 aromatic heterocycles. The van der Waals surface area contributed by atoms with Gasteiger partial charge in [0, 0.05) is 25.6 Å². The van der Waals surface area contributed by atoms with Gasteiger partial charge in [0.25, 0.3) is 5.91 Å². The Balaban J connectivity index is 1.58. The average molecular weight is 549 g/mol. The number of hydrogen-bond donors (Lipinski definition) is 1. The first-order valence-electron chi connectivity index (χ1n) is 12.7. The standard InChI is InChI=1S/C28H29F5N4O2/c1-3-20-23(15-34-17(2)38)37(16-18-7-5-4-6-8-18)35-26(20)27(39)36-13-11-19(12-14-36)21-9-10-22(29)25(30)24(21)28(31,32)33/h4-10,19H,3,11-16H2,1-2H3,(H,34,38). The summed E-state index contributed by atoms with van der Waals surface area (Å²) < 4.78 is 70.1. The molecule has 4 rings (SSSR count). The van der Waals surface area contributed by atoms with E-state index in [2.05, 4.69) is 10.4 Å². The lowest BCUT2D eigenvalue weighted by Crippen LogP contribution is -2.39. The predicted octanol–water partition coefficient (Wildman–Crippen LogP) is 5.45. The lowest BCUT2D eigenvalue weighted by Gasteiger charge is -2.33. The van der Waals surface area contributed by atoms with Crippen molar-refractivity contribution >= 4 is 11.8 Å². The third kappa shape index (κ3) is 6.12. The summed E-state index contributed by atoms with van der Waals surface area (Å²) in [6, 6.07) is 11.2. The number of nitrogens with zero attached hydrogens (tertiary/aromatic N) is 3. The molecule has 0 saturated carbocycles. The molecule has 2 aromatic carbocycles. The Morgan fingerprint density at radius 2 is 1.72 bits per heavy atom. The summed E-state index contributed by atoms with van der Waals surface area (Å²) in [5.74, 6) is -4.72. The van der Waals surface area contributed by atoms with Gasteiger partial charge in [-0.1, -0.05) is 43.3 Å². The first kappa shape index (κ1) is 28.3. The second-order valence-electron chi connectivity index (χ2n) is 9.57. The zero-order valence-corrected chi connectivity index (χ0v) is 21.6. The first-order valence-corrected chi connectivity index (χ1v) is 12.7. The smallest absolute Gasteiger partial charge is 0.351 e. The number of hydrogen-bond acceptors (Lipinski definition) is 3. The Morgan fingerprint density at radius 3 is 2.31 bits per heavy atom. The van der Waals surface area contributed by atoms with Crippen molar-refractivity contribution in [3.05, 3.63) is 87.7 Å². The number of nitrogens with one attached hydrogen (secondary N) is 1. The van der Waals surface area contributed by atoms with E-state index in [0.717, 1.165) is 11.6 Å². The molecule has 2 heterocycles. The van der Waals surface area contributed by atoms with E-state index in [1.54, 1.807) is 4.68 Å². The summed E-state index contributed by atoms with van der Waals surface area (Å²) in [5, 5.41) is 7.38. The molecular weight excluding hydrogens is 519 g/mol. The normalized spacial score (nSPS) is 14.5. The van der Waals surface area contributed by atoms with Crippen LogP contribution in [-0.4, -0.2) is 39.6 Å². The van der Waals surface area contributed by atoms with Crippen LogP contribution in [0, 0.1) is 11.6 Å². The van der Waals surface area contributed by atoms with Gasteiger partial charge in [0.05, 0.1) is 24.3 Å². The third-order valence-corrected chi connectivity index (χ3v) is 7.04. The number of benzene rings is 2. The van der Waals surface area contributed by atoms with Gasteiger partial charge in [-0.25, -0.2) is 8.78 Å². The molecule has 1 saturated heterocycles. The number of rotatable bonds is 7. The molecule has 1 N–H and O–H groups in total. The van der Waals surface area contributed by atoms with Gasteiger partial charge >= 0.3 is 6.18 Å². The van der Waals surface area contributed by atoms with Gasteiger partial charge in [0.2, 0.25) is 5.91 Å². The molecule has 1 aliphatic rings. The molecule has 11 heteroatoms. The van der Waals surface area contributed by atoms with E-state index < -0.39 is 29.3 Å². The number of alkyl halides is 3. The fourth-order valence-corrected chi connectivity index (χ4v) is 5.11. The molecule has 0 unspecified atom stereocenters. The van der Waals surface area contributed by atoms with E-state index in [-0.39, 0.29) is 55.5 Å². The Morgan fingerprint density at radius 1 is 1.05 bits per heavy atom. The summed E-state index contributed by atoms with van der Waals surface area (Å²) in [7, 11) is 0. The topological polar surface area (TPSA) is 67.2 Å². The van der Waals surface area contributed by atoms with Crippen molar-refractivity contribution in [2.24, 2.45) is 0 Å². The maximum Gasteiger partial charge on any atom is 0.419 e. The number of likely N-dealkylation sites (tertiary alicyclic amines) is 1. The number of amides is 2. The fourth-order valence-electron chi connectivity index (χ4n) is 5.11. The van der Waals surface area contributed by atoms with Gasteiger partial charge in [-0.3, -0.25) is 14.3 Å². The summed E-state index contributed by atoms with van der Waals surface area (Å²) in [6.45, 7) is 4.12. The van der Waals surface area contributed by atoms with Gasteiger partial charge in [0.15, 0.2) is 17.3 Å². The van der Waals surface area contributed by atoms with Crippen LogP contribution in [0.1, 0.15) is 71.0 Å². The molecule has 6 nitrogen and oxygen atoms in total. The van der Waals surface area contributed by atoms with Gasteiger partial charge in [-0.15, -0.1) is 0 Å². The zero-order chi connectivity index (χ0) is 28.3. The van der Waals surface area contributed by atoms with E-state index in [1.807, 2.05) is 37.3 Å². The van der Waals surface area contributed by atoms with Crippen LogP contribution in [0.25, 0.3) is 0 Å². The van der Waals surface area contributed by atoms with Crippen molar-refractivity contribution < 1.29 is 31.5 Å². The van der Waals surface area contributed by atoms with Crippen molar-refractivity contribution in [2.75, 3.05) is 13.1 Å². The monoisotopic (exact) mass is 548 g/mol.